The number of hydrogen-bond acceptors (Lipinski definition) is 4. The van der Waals surface area contributed by atoms with Gasteiger partial charge in [-0.25, -0.2) is 4.79 Å². The van der Waals surface area contributed by atoms with Crippen molar-refractivity contribution in [1.29, 1.82) is 0 Å². The third-order valence-electron chi connectivity index (χ3n) is 3.05. The Morgan fingerprint density at radius 3 is 2.68 bits per heavy atom. The number of aromatic nitrogens is 1. The van der Waals surface area contributed by atoms with E-state index in [1.54, 1.807) is 6.20 Å². The Balaban J connectivity index is 2.24. The van der Waals surface area contributed by atoms with Crippen molar-refractivity contribution in [2.45, 2.75) is 46.1 Å². The lowest BCUT2D eigenvalue weighted by Crippen LogP contribution is -2.38. The van der Waals surface area contributed by atoms with Crippen LogP contribution < -0.4 is 16.0 Å². The molecule has 0 bridgehead atoms. The minimum absolute atomic E-state index is 0.391. The fraction of sp³-hybridized carbons (Fsp3) is 0.611. The molecule has 0 aliphatic carbocycles. The topological polar surface area (TPSA) is 87.6 Å². The molecule has 0 aliphatic rings. The van der Waals surface area contributed by atoms with Gasteiger partial charge in [0.1, 0.15) is 5.60 Å². The van der Waals surface area contributed by atoms with Gasteiger partial charge < -0.3 is 20.7 Å². The van der Waals surface area contributed by atoms with Crippen molar-refractivity contribution in [3.8, 4) is 0 Å². The van der Waals surface area contributed by atoms with Gasteiger partial charge in [0.15, 0.2) is 5.96 Å². The quantitative estimate of drug-likeness (QED) is 0.380. The lowest BCUT2D eigenvalue weighted by atomic mass is 10.2. The summed E-state index contributed by atoms with van der Waals surface area (Å²) in [6.07, 6.45) is 4.89. The first-order valence-corrected chi connectivity index (χ1v) is 8.78. The third kappa shape index (κ3) is 11.0. The number of nitrogens with zero attached hydrogens (tertiary/aromatic N) is 2. The summed E-state index contributed by atoms with van der Waals surface area (Å²) in [7, 11) is 0. The molecule has 1 aromatic rings. The third-order valence-corrected chi connectivity index (χ3v) is 3.05. The predicted molar refractivity (Wildman–Crippen MR) is 101 cm³/mol. The highest BCUT2D eigenvalue weighted by Gasteiger charge is 2.15. The summed E-state index contributed by atoms with van der Waals surface area (Å²) in [6, 6.07) is 3.99. The first-order valence-electron chi connectivity index (χ1n) is 8.78. The number of nitrogens with one attached hydrogen (secondary N) is 3. The van der Waals surface area contributed by atoms with Crippen LogP contribution in [0.1, 0.15) is 39.7 Å². The van der Waals surface area contributed by atoms with Gasteiger partial charge in [-0.3, -0.25) is 9.98 Å². The average Bonchev–Trinajstić information content (AvgIpc) is 2.54. The van der Waals surface area contributed by atoms with E-state index < -0.39 is 11.7 Å². The molecule has 0 saturated carbocycles. The summed E-state index contributed by atoms with van der Waals surface area (Å²) in [4.78, 5) is 20.1. The average molecular weight is 349 g/mol. The van der Waals surface area contributed by atoms with Crippen molar-refractivity contribution in [3.05, 3.63) is 30.1 Å². The Kier molecular flexibility index (Phi) is 9.36. The largest absolute Gasteiger partial charge is 0.444 e. The second-order valence-corrected chi connectivity index (χ2v) is 6.58. The van der Waals surface area contributed by atoms with Gasteiger partial charge in [0.2, 0.25) is 0 Å². The van der Waals surface area contributed by atoms with Gasteiger partial charge in [0.25, 0.3) is 0 Å². The molecule has 3 N–H and O–H groups in total. The molecule has 7 heteroatoms. The van der Waals surface area contributed by atoms with Crippen LogP contribution in [0.5, 0.6) is 0 Å². The van der Waals surface area contributed by atoms with E-state index in [0.717, 1.165) is 31.9 Å². The van der Waals surface area contributed by atoms with Crippen LogP contribution in [-0.2, 0) is 11.2 Å². The predicted octanol–water partition coefficient (Wildman–Crippen LogP) is 2.09. The molecule has 1 heterocycles. The number of aliphatic imine (C=N–C) groups is 1. The van der Waals surface area contributed by atoms with Crippen LogP contribution in [0.2, 0.25) is 0 Å². The fourth-order valence-corrected chi connectivity index (χ4v) is 1.99. The molecule has 25 heavy (non-hydrogen) atoms. The highest BCUT2D eigenvalue weighted by atomic mass is 16.6. The summed E-state index contributed by atoms with van der Waals surface area (Å²) >= 11 is 0. The minimum Gasteiger partial charge on any atom is -0.444 e. The van der Waals surface area contributed by atoms with E-state index in [9.17, 15) is 4.79 Å². The van der Waals surface area contributed by atoms with Crippen LogP contribution in [0.15, 0.2) is 29.5 Å². The molecule has 0 atom stereocenters. The van der Waals surface area contributed by atoms with E-state index >= 15 is 0 Å². The van der Waals surface area contributed by atoms with Crippen LogP contribution in [-0.4, -0.2) is 48.8 Å². The maximum atomic E-state index is 11.5. The number of guanidine groups is 1. The van der Waals surface area contributed by atoms with Crippen LogP contribution in [0.25, 0.3) is 0 Å². The van der Waals surface area contributed by atoms with Crippen molar-refractivity contribution in [3.63, 3.8) is 0 Å². The molecular weight excluding hydrogens is 318 g/mol. The van der Waals surface area contributed by atoms with Crippen molar-refractivity contribution >= 4 is 12.1 Å². The molecule has 1 rings (SSSR count). The Bertz CT molecular complexity index is 526. The summed E-state index contributed by atoms with van der Waals surface area (Å²) in [5, 5.41) is 9.24. The smallest absolute Gasteiger partial charge is 0.407 e. The summed E-state index contributed by atoms with van der Waals surface area (Å²) in [5.74, 6) is 0.781. The first-order chi connectivity index (χ1) is 11.9. The van der Waals surface area contributed by atoms with Crippen LogP contribution in [0, 0.1) is 0 Å². The molecular formula is C18H31N5O2. The molecule has 0 radical (unpaired) electrons. The number of hydrogen-bond donors (Lipinski definition) is 3. The SMILES string of the molecule is CCNC(=NCCCNC(=O)OC(C)(C)C)NCCc1cccnc1. The van der Waals surface area contributed by atoms with Gasteiger partial charge in [-0.05, 0) is 52.2 Å². The maximum Gasteiger partial charge on any atom is 0.407 e. The molecule has 1 aromatic heterocycles. The van der Waals surface area contributed by atoms with Gasteiger partial charge in [-0.15, -0.1) is 0 Å². The number of alkyl carbamates (subject to hydrolysis) is 1. The molecule has 0 spiro atoms. The molecule has 0 aliphatic heterocycles. The van der Waals surface area contributed by atoms with E-state index in [1.165, 1.54) is 5.56 Å². The van der Waals surface area contributed by atoms with Gasteiger partial charge >= 0.3 is 6.09 Å². The van der Waals surface area contributed by atoms with Crippen molar-refractivity contribution in [2.75, 3.05) is 26.2 Å². The zero-order chi connectivity index (χ0) is 18.5. The zero-order valence-electron chi connectivity index (χ0n) is 15.8. The maximum absolute atomic E-state index is 11.5. The zero-order valence-corrected chi connectivity index (χ0v) is 15.8. The van der Waals surface area contributed by atoms with Crippen molar-refractivity contribution in [2.24, 2.45) is 4.99 Å². The van der Waals surface area contributed by atoms with Crippen LogP contribution in [0.4, 0.5) is 4.79 Å². The standard InChI is InChI=1S/C18H31N5O2/c1-5-20-16(22-13-9-15-8-6-10-19-14-15)21-11-7-12-23-17(24)25-18(2,3)4/h6,8,10,14H,5,7,9,11-13H2,1-4H3,(H,23,24)(H2,20,21,22). The lowest BCUT2D eigenvalue weighted by Gasteiger charge is -2.19. The molecule has 0 fully saturated rings. The number of carbonyl (C=O) groups is 1. The molecule has 7 nitrogen and oxygen atoms in total. The van der Waals surface area contributed by atoms with Crippen molar-refractivity contribution in [1.82, 2.24) is 20.9 Å². The van der Waals surface area contributed by atoms with Crippen molar-refractivity contribution < 1.29 is 9.53 Å². The van der Waals surface area contributed by atoms with Crippen LogP contribution in [0.3, 0.4) is 0 Å². The van der Waals surface area contributed by atoms with E-state index in [-0.39, 0.29) is 0 Å². The van der Waals surface area contributed by atoms with Gasteiger partial charge in [-0.1, -0.05) is 6.07 Å². The Morgan fingerprint density at radius 2 is 2.04 bits per heavy atom. The second kappa shape index (κ2) is 11.3. The van der Waals surface area contributed by atoms with E-state index in [1.807, 2.05) is 40.0 Å². The van der Waals surface area contributed by atoms with Gasteiger partial charge in [0.05, 0.1) is 0 Å². The molecule has 140 valence electrons. The Labute approximate surface area is 150 Å². The number of pyridine rings is 1. The first kappa shape index (κ1) is 20.7. The van der Waals surface area contributed by atoms with E-state index in [0.29, 0.717) is 13.1 Å². The van der Waals surface area contributed by atoms with Crippen LogP contribution >= 0.6 is 0 Å². The van der Waals surface area contributed by atoms with Gasteiger partial charge in [0, 0.05) is 38.6 Å². The molecule has 1 amide bonds. The normalized spacial score (nSPS) is 11.8. The Morgan fingerprint density at radius 1 is 1.24 bits per heavy atom. The minimum atomic E-state index is -0.474. The molecule has 0 aromatic carbocycles. The van der Waals surface area contributed by atoms with Gasteiger partial charge in [-0.2, -0.15) is 0 Å². The van der Waals surface area contributed by atoms with E-state index in [4.69, 9.17) is 4.74 Å². The molecule has 0 saturated heterocycles. The number of ether oxygens (including phenoxy) is 1. The second-order valence-electron chi connectivity index (χ2n) is 6.58. The fourth-order valence-electron chi connectivity index (χ4n) is 1.99. The number of carbonyl (C=O) groups excluding carboxylic acids is 1. The van der Waals surface area contributed by atoms with E-state index in [2.05, 4.69) is 32.0 Å². The summed E-state index contributed by atoms with van der Waals surface area (Å²) < 4.78 is 5.18. The molecule has 0 unspecified atom stereocenters. The monoisotopic (exact) mass is 349 g/mol. The summed E-state index contributed by atoms with van der Waals surface area (Å²) in [5.41, 5.74) is 0.714. The number of rotatable bonds is 8. The Hall–Kier alpha value is -2.31. The lowest BCUT2D eigenvalue weighted by molar-refractivity contribution is 0.0527. The highest BCUT2D eigenvalue weighted by Crippen LogP contribution is 2.06. The highest BCUT2D eigenvalue weighted by molar-refractivity contribution is 5.79. The summed E-state index contributed by atoms with van der Waals surface area (Å²) in [6.45, 7) is 10.3. The number of amides is 1.